The molecule has 0 radical (unpaired) electrons. The van der Waals surface area contributed by atoms with Gasteiger partial charge in [-0.1, -0.05) is 61.5 Å². The molecular formula is C34H30N4O4S2. The van der Waals surface area contributed by atoms with E-state index in [4.69, 9.17) is 4.42 Å². The summed E-state index contributed by atoms with van der Waals surface area (Å²) in [5.41, 5.74) is 2.81. The van der Waals surface area contributed by atoms with E-state index in [2.05, 4.69) is 20.9 Å². The van der Waals surface area contributed by atoms with Gasteiger partial charge in [0.2, 0.25) is 5.91 Å². The number of nitrogens with one attached hydrogen (secondary N) is 3. The van der Waals surface area contributed by atoms with Gasteiger partial charge in [-0.2, -0.15) is 0 Å². The monoisotopic (exact) mass is 622 g/mol. The molecule has 3 amide bonds. The Bertz CT molecular complexity index is 1770. The van der Waals surface area contributed by atoms with E-state index in [0.717, 1.165) is 21.0 Å². The van der Waals surface area contributed by atoms with Crippen LogP contribution in [-0.4, -0.2) is 28.0 Å². The summed E-state index contributed by atoms with van der Waals surface area (Å²) in [7, 11) is 0. The highest BCUT2D eigenvalue weighted by molar-refractivity contribution is 8.00. The molecule has 5 rings (SSSR count). The summed E-state index contributed by atoms with van der Waals surface area (Å²) >= 11 is 2.84. The normalized spacial score (nSPS) is 11.9. The molecule has 1 unspecified atom stereocenters. The first kappa shape index (κ1) is 30.5. The van der Waals surface area contributed by atoms with Gasteiger partial charge in [0.25, 0.3) is 11.8 Å². The van der Waals surface area contributed by atoms with Gasteiger partial charge in [0, 0.05) is 32.7 Å². The van der Waals surface area contributed by atoms with Gasteiger partial charge in [-0.3, -0.25) is 14.4 Å². The molecule has 222 valence electrons. The van der Waals surface area contributed by atoms with Gasteiger partial charge in [0.15, 0.2) is 5.13 Å². The van der Waals surface area contributed by atoms with Crippen molar-refractivity contribution in [2.24, 2.45) is 0 Å². The van der Waals surface area contributed by atoms with Crippen molar-refractivity contribution in [3.8, 4) is 11.3 Å². The van der Waals surface area contributed by atoms with Gasteiger partial charge in [-0.05, 0) is 55.8 Å². The van der Waals surface area contributed by atoms with E-state index in [1.807, 2.05) is 56.3 Å². The second kappa shape index (κ2) is 14.5. The Kier molecular flexibility index (Phi) is 10.1. The zero-order chi connectivity index (χ0) is 30.9. The largest absolute Gasteiger partial charge is 0.465 e. The Hall–Kier alpha value is -4.93. The van der Waals surface area contributed by atoms with Crippen LogP contribution in [0.4, 0.5) is 10.8 Å². The van der Waals surface area contributed by atoms with Crippen LogP contribution < -0.4 is 16.0 Å². The highest BCUT2D eigenvalue weighted by Crippen LogP contribution is 2.32. The van der Waals surface area contributed by atoms with Crippen molar-refractivity contribution in [3.05, 3.63) is 125 Å². The number of carbonyl (C=O) groups is 3. The number of hydrogen-bond donors (Lipinski definition) is 3. The first-order valence-corrected chi connectivity index (χ1v) is 15.6. The second-order valence-corrected chi connectivity index (χ2v) is 12.1. The fourth-order valence-electron chi connectivity index (χ4n) is 4.29. The molecule has 0 saturated carbocycles. The molecule has 1 atom stereocenters. The standard InChI is InChI=1S/C34H30N4O4S2/c1-3-29(33(41)38-34-37-30(22(2)43-34)23-12-6-4-7-13-23)44-27-18-10-16-25(20-27)35-32(40)28(21-26-17-11-19-42-26)36-31(39)24-14-8-5-9-15-24/h4-21,29H,3H2,1-2H3,(H,35,40)(H,36,39)(H,37,38,41)/b28-21-. The number of carbonyl (C=O) groups excluding carboxylic acids is 3. The Balaban J connectivity index is 1.26. The summed E-state index contributed by atoms with van der Waals surface area (Å²) in [4.78, 5) is 45.9. The smallest absolute Gasteiger partial charge is 0.272 e. The van der Waals surface area contributed by atoms with Crippen LogP contribution in [0, 0.1) is 6.92 Å². The lowest BCUT2D eigenvalue weighted by molar-refractivity contribution is -0.116. The van der Waals surface area contributed by atoms with Crippen LogP contribution in [0.2, 0.25) is 0 Å². The summed E-state index contributed by atoms with van der Waals surface area (Å²) in [5, 5.41) is 8.69. The molecule has 0 spiro atoms. The Morgan fingerprint density at radius 2 is 1.68 bits per heavy atom. The summed E-state index contributed by atoms with van der Waals surface area (Å²) in [6.45, 7) is 3.94. The molecule has 0 aliphatic heterocycles. The summed E-state index contributed by atoms with van der Waals surface area (Å²) in [6.07, 6.45) is 3.54. The second-order valence-electron chi connectivity index (χ2n) is 9.67. The number of rotatable bonds is 11. The first-order valence-electron chi connectivity index (χ1n) is 13.9. The lowest BCUT2D eigenvalue weighted by Gasteiger charge is -2.15. The number of furan rings is 1. The number of amides is 3. The van der Waals surface area contributed by atoms with E-state index in [-0.39, 0.29) is 16.9 Å². The molecule has 2 aromatic heterocycles. The topological polar surface area (TPSA) is 113 Å². The van der Waals surface area contributed by atoms with Crippen molar-refractivity contribution in [2.75, 3.05) is 10.6 Å². The maximum atomic E-state index is 13.3. The third-order valence-corrected chi connectivity index (χ3v) is 8.71. The fourth-order valence-corrected chi connectivity index (χ4v) is 6.14. The molecule has 3 aromatic carbocycles. The van der Waals surface area contributed by atoms with Gasteiger partial charge in [-0.25, -0.2) is 4.98 Å². The predicted octanol–water partition coefficient (Wildman–Crippen LogP) is 7.63. The third-order valence-electron chi connectivity index (χ3n) is 6.47. The Morgan fingerprint density at radius 1 is 0.932 bits per heavy atom. The Labute approximate surface area is 263 Å². The zero-order valence-corrected chi connectivity index (χ0v) is 25.7. The van der Waals surface area contributed by atoms with Gasteiger partial charge >= 0.3 is 0 Å². The molecule has 10 heteroatoms. The van der Waals surface area contributed by atoms with Crippen molar-refractivity contribution in [3.63, 3.8) is 0 Å². The molecule has 0 fully saturated rings. The van der Waals surface area contributed by atoms with Crippen molar-refractivity contribution in [1.29, 1.82) is 0 Å². The van der Waals surface area contributed by atoms with Crippen molar-refractivity contribution < 1.29 is 18.8 Å². The molecule has 0 aliphatic rings. The number of nitrogens with zero attached hydrogens (tertiary/aromatic N) is 1. The molecule has 44 heavy (non-hydrogen) atoms. The number of benzene rings is 3. The number of anilines is 2. The van der Waals surface area contributed by atoms with Gasteiger partial charge < -0.3 is 20.4 Å². The van der Waals surface area contributed by atoms with Crippen molar-refractivity contribution in [1.82, 2.24) is 10.3 Å². The van der Waals surface area contributed by atoms with Crippen LogP contribution in [0.5, 0.6) is 0 Å². The summed E-state index contributed by atoms with van der Waals surface area (Å²) < 4.78 is 5.37. The number of aromatic nitrogens is 1. The van der Waals surface area contributed by atoms with Crippen LogP contribution in [0.15, 0.2) is 118 Å². The van der Waals surface area contributed by atoms with E-state index in [9.17, 15) is 14.4 Å². The molecule has 0 aliphatic carbocycles. The quantitative estimate of drug-likeness (QED) is 0.103. The minimum atomic E-state index is -0.522. The van der Waals surface area contributed by atoms with Gasteiger partial charge in [0.05, 0.1) is 17.2 Å². The third kappa shape index (κ3) is 7.91. The SMILES string of the molecule is CCC(Sc1cccc(NC(=O)/C(=C/c2ccco2)NC(=O)c2ccccc2)c1)C(=O)Nc1nc(-c2ccccc2)c(C)s1. The molecule has 3 N–H and O–H groups in total. The van der Waals surface area contributed by atoms with E-state index in [1.54, 1.807) is 54.6 Å². The molecule has 2 heterocycles. The molecular weight excluding hydrogens is 593 g/mol. The number of thiazole rings is 1. The average Bonchev–Trinajstić information content (AvgIpc) is 3.69. The van der Waals surface area contributed by atoms with Crippen LogP contribution in [0.3, 0.4) is 0 Å². The number of thioether (sulfide) groups is 1. The van der Waals surface area contributed by atoms with Crippen molar-refractivity contribution >= 4 is 57.7 Å². The maximum absolute atomic E-state index is 13.3. The number of aryl methyl sites for hydroxylation is 1. The lowest BCUT2D eigenvalue weighted by atomic mass is 10.1. The van der Waals surface area contributed by atoms with E-state index >= 15 is 0 Å². The van der Waals surface area contributed by atoms with Crippen LogP contribution in [-0.2, 0) is 9.59 Å². The van der Waals surface area contributed by atoms with Crippen LogP contribution in [0.1, 0.15) is 34.3 Å². The Morgan fingerprint density at radius 3 is 2.39 bits per heavy atom. The van der Waals surface area contributed by atoms with E-state index in [0.29, 0.717) is 28.6 Å². The highest BCUT2D eigenvalue weighted by atomic mass is 32.2. The fraction of sp³-hybridized carbons (Fsp3) is 0.118. The molecule has 5 aromatic rings. The molecule has 0 saturated heterocycles. The van der Waals surface area contributed by atoms with Gasteiger partial charge in [0.1, 0.15) is 11.5 Å². The van der Waals surface area contributed by atoms with E-state index < -0.39 is 11.8 Å². The summed E-state index contributed by atoms with van der Waals surface area (Å²) in [5.74, 6) is -0.680. The zero-order valence-electron chi connectivity index (χ0n) is 24.1. The number of hydrogen-bond acceptors (Lipinski definition) is 7. The van der Waals surface area contributed by atoms with E-state index in [1.165, 1.54) is 35.4 Å². The van der Waals surface area contributed by atoms with Crippen LogP contribution >= 0.6 is 23.1 Å². The molecule has 0 bridgehead atoms. The minimum absolute atomic E-state index is 0.0197. The minimum Gasteiger partial charge on any atom is -0.465 e. The average molecular weight is 623 g/mol. The maximum Gasteiger partial charge on any atom is 0.272 e. The lowest BCUT2D eigenvalue weighted by Crippen LogP contribution is -2.30. The van der Waals surface area contributed by atoms with Crippen molar-refractivity contribution in [2.45, 2.75) is 30.4 Å². The first-order chi connectivity index (χ1) is 21.4. The van der Waals surface area contributed by atoms with Crippen LogP contribution in [0.25, 0.3) is 17.3 Å². The highest BCUT2D eigenvalue weighted by Gasteiger charge is 2.21. The van der Waals surface area contributed by atoms with Gasteiger partial charge in [-0.15, -0.1) is 23.1 Å². The summed E-state index contributed by atoms with van der Waals surface area (Å²) in [6, 6.07) is 29.1. The molecule has 8 nitrogen and oxygen atoms in total. The predicted molar refractivity (Wildman–Crippen MR) is 177 cm³/mol.